The van der Waals surface area contributed by atoms with Crippen LogP contribution in [0.25, 0.3) is 0 Å². The molecule has 4 aliphatic heterocycles. The fourth-order valence-electron chi connectivity index (χ4n) is 12.4. The zero-order valence-corrected chi connectivity index (χ0v) is 33.5. The van der Waals surface area contributed by atoms with Crippen LogP contribution in [0.2, 0.25) is 0 Å². The topological polar surface area (TPSA) is 224 Å². The highest BCUT2D eigenvalue weighted by Gasteiger charge is 2.74. The first-order valence-corrected chi connectivity index (χ1v) is 20.6. The van der Waals surface area contributed by atoms with Crippen molar-refractivity contribution in [3.05, 3.63) is 57.6 Å². The molecule has 0 aromatic heterocycles. The molecule has 4 aliphatic carbocycles. The summed E-state index contributed by atoms with van der Waals surface area (Å²) < 4.78 is 12.4. The number of carbonyl (C=O) groups excluding carboxylic acids is 5. The van der Waals surface area contributed by atoms with Crippen LogP contribution < -0.4 is 25.4 Å². The van der Waals surface area contributed by atoms with Gasteiger partial charge in [-0.1, -0.05) is 24.3 Å². The van der Waals surface area contributed by atoms with Gasteiger partial charge >= 0.3 is 5.97 Å². The second-order valence-electron chi connectivity index (χ2n) is 17.7. The van der Waals surface area contributed by atoms with E-state index in [4.69, 9.17) is 14.6 Å². The predicted octanol–water partition coefficient (Wildman–Crippen LogP) is 0.195. The number of benzene rings is 2. The maximum absolute atomic E-state index is 12.9. The average molecular weight is 814 g/mol. The lowest BCUT2D eigenvalue weighted by Gasteiger charge is -2.62. The van der Waals surface area contributed by atoms with E-state index in [1.807, 2.05) is 30.9 Å². The van der Waals surface area contributed by atoms with Gasteiger partial charge in [0.15, 0.2) is 23.8 Å². The average Bonchev–Trinajstić information content (AvgIpc) is 3.74. The molecule has 2 aromatic rings. The summed E-state index contributed by atoms with van der Waals surface area (Å²) in [6, 6.07) is 7.64. The number of rotatable bonds is 8. The molecule has 6 N–H and O–H groups in total. The van der Waals surface area contributed by atoms with Gasteiger partial charge in [-0.05, 0) is 74.6 Å². The van der Waals surface area contributed by atoms with E-state index in [9.17, 15) is 39.0 Å². The lowest BCUT2D eigenvalue weighted by molar-refractivity contribution is -0.189. The van der Waals surface area contributed by atoms with E-state index < -0.39 is 52.5 Å². The minimum absolute atomic E-state index is 0.0417. The van der Waals surface area contributed by atoms with Crippen LogP contribution in [0.4, 0.5) is 0 Å². The molecule has 8 atom stereocenters. The van der Waals surface area contributed by atoms with Crippen LogP contribution in [0.15, 0.2) is 24.3 Å². The third kappa shape index (κ3) is 5.48. The number of nitrogens with one attached hydrogen (secondary N) is 3. The lowest BCUT2D eigenvalue weighted by Crippen LogP contribution is -2.77. The monoisotopic (exact) mass is 813 g/mol. The largest absolute Gasteiger partial charge is 0.481 e. The van der Waals surface area contributed by atoms with Crippen LogP contribution in [-0.2, 0) is 52.4 Å². The zero-order chi connectivity index (χ0) is 41.8. The fourth-order valence-corrected chi connectivity index (χ4v) is 12.4. The molecule has 16 heteroatoms. The first kappa shape index (κ1) is 39.6. The van der Waals surface area contributed by atoms with Crippen LogP contribution in [0.1, 0.15) is 84.7 Å². The van der Waals surface area contributed by atoms with E-state index in [1.54, 1.807) is 0 Å². The summed E-state index contributed by atoms with van der Waals surface area (Å²) in [6.45, 7) is 5.59. The molecule has 3 amide bonds. The Balaban J connectivity index is 0.000000152. The van der Waals surface area contributed by atoms with Crippen molar-refractivity contribution in [2.24, 2.45) is 0 Å². The van der Waals surface area contributed by atoms with Crippen molar-refractivity contribution in [1.29, 1.82) is 0 Å². The van der Waals surface area contributed by atoms with Gasteiger partial charge in [0.05, 0.1) is 35.4 Å². The molecule has 2 saturated carbocycles. The van der Waals surface area contributed by atoms with Crippen molar-refractivity contribution in [2.75, 3.05) is 33.5 Å². The molecule has 2 unspecified atom stereocenters. The Bertz CT molecular complexity index is 2210. The molecule has 4 fully saturated rings. The maximum Gasteiger partial charge on any atom is 0.312 e. The van der Waals surface area contributed by atoms with Gasteiger partial charge in [-0.2, -0.15) is 0 Å². The van der Waals surface area contributed by atoms with Crippen molar-refractivity contribution >= 4 is 35.3 Å². The number of Topliss-reactive ketones (excluding diaryl/α,β-unsaturated/α-hetero) is 2. The number of aliphatic hydroxyl groups is 2. The smallest absolute Gasteiger partial charge is 0.312 e. The van der Waals surface area contributed by atoms with Gasteiger partial charge in [0.25, 0.3) is 0 Å². The number of ether oxygens (including phenoxy) is 2. The van der Waals surface area contributed by atoms with E-state index in [0.717, 1.165) is 44.9 Å². The number of nitrogens with zero attached hydrogens (tertiary/aromatic N) is 2. The molecule has 59 heavy (non-hydrogen) atoms. The SMILES string of the molecule is CNC(=O)CC(=O)NCN1CC[C@]23c4c5ccc(C)c4OC2C(=O)CC[C@@]3(O)[C@H]1C5.Cc1ccc2c3c1OC1C(=O)CC[C@@]4(O)[C@@H](C2)N(CNC(=O)CC(=O)O)CC[C@]314. The van der Waals surface area contributed by atoms with Gasteiger partial charge in [0.2, 0.25) is 17.7 Å². The molecular formula is C43H51N5O11. The number of carboxylic acids is 1. The number of piperidine rings is 2. The second kappa shape index (κ2) is 13.8. The van der Waals surface area contributed by atoms with E-state index in [1.165, 1.54) is 7.05 Å². The normalized spacial score (nSPS) is 33.9. The molecule has 2 aromatic carbocycles. The van der Waals surface area contributed by atoms with Crippen LogP contribution in [0.5, 0.6) is 11.5 Å². The summed E-state index contributed by atoms with van der Waals surface area (Å²) in [7, 11) is 1.50. The Morgan fingerprint density at radius 2 is 1.14 bits per heavy atom. The van der Waals surface area contributed by atoms with Crippen molar-refractivity contribution in [1.82, 2.24) is 25.8 Å². The summed E-state index contributed by atoms with van der Waals surface area (Å²) in [4.78, 5) is 75.9. The highest BCUT2D eigenvalue weighted by molar-refractivity contribution is 5.97. The fraction of sp³-hybridized carbons (Fsp3) is 0.581. The van der Waals surface area contributed by atoms with Crippen LogP contribution in [0, 0.1) is 13.8 Å². The second-order valence-corrected chi connectivity index (χ2v) is 17.7. The third-order valence-corrected chi connectivity index (χ3v) is 15.0. The highest BCUT2D eigenvalue weighted by Crippen LogP contribution is 2.65. The molecule has 8 aliphatic rings. The summed E-state index contributed by atoms with van der Waals surface area (Å²) in [6.07, 6.45) is 1.58. The summed E-state index contributed by atoms with van der Waals surface area (Å²) in [5.41, 5.74) is 2.51. The number of amides is 3. The Morgan fingerprint density at radius 1 is 0.695 bits per heavy atom. The third-order valence-electron chi connectivity index (χ3n) is 15.0. The number of hydrogen-bond acceptors (Lipinski definition) is 12. The van der Waals surface area contributed by atoms with Crippen molar-refractivity contribution in [3.8, 4) is 11.5 Å². The van der Waals surface area contributed by atoms with Crippen LogP contribution >= 0.6 is 0 Å². The minimum atomic E-state index is -1.18. The van der Waals surface area contributed by atoms with E-state index in [-0.39, 0.29) is 61.6 Å². The molecule has 10 rings (SSSR count). The molecule has 4 heterocycles. The molecule has 2 spiro atoms. The number of aliphatic carboxylic acids is 1. The molecule has 16 nitrogen and oxygen atoms in total. The predicted molar refractivity (Wildman–Crippen MR) is 208 cm³/mol. The van der Waals surface area contributed by atoms with Gasteiger partial charge < -0.3 is 40.7 Å². The molecule has 314 valence electrons. The first-order chi connectivity index (χ1) is 28.1. The molecule has 0 radical (unpaired) electrons. The quantitative estimate of drug-likeness (QED) is 0.196. The summed E-state index contributed by atoms with van der Waals surface area (Å²) in [5.74, 6) is -0.787. The van der Waals surface area contributed by atoms with Crippen molar-refractivity contribution in [3.63, 3.8) is 0 Å². The Morgan fingerprint density at radius 3 is 1.56 bits per heavy atom. The van der Waals surface area contributed by atoms with Crippen molar-refractivity contribution < 1.29 is 53.6 Å². The molecular weight excluding hydrogens is 762 g/mol. The van der Waals surface area contributed by atoms with Crippen LogP contribution in [-0.4, -0.2) is 129 Å². The number of ketones is 2. The highest BCUT2D eigenvalue weighted by atomic mass is 16.5. The van der Waals surface area contributed by atoms with Crippen LogP contribution in [0.3, 0.4) is 0 Å². The molecule has 2 saturated heterocycles. The molecule has 4 bridgehead atoms. The van der Waals surface area contributed by atoms with E-state index in [0.29, 0.717) is 58.0 Å². The summed E-state index contributed by atoms with van der Waals surface area (Å²) >= 11 is 0. The Kier molecular flexibility index (Phi) is 9.27. The number of carboxylic acid groups (broad SMARTS) is 1. The number of aryl methyl sites for hydroxylation is 2. The lowest BCUT2D eigenvalue weighted by atomic mass is 9.49. The Labute approximate surface area is 341 Å². The minimum Gasteiger partial charge on any atom is -0.481 e. The van der Waals surface area contributed by atoms with Gasteiger partial charge in [-0.25, -0.2) is 0 Å². The van der Waals surface area contributed by atoms with E-state index >= 15 is 0 Å². The van der Waals surface area contributed by atoms with E-state index in [2.05, 4.69) is 33.0 Å². The Hall–Kier alpha value is -4.90. The zero-order valence-electron chi connectivity index (χ0n) is 33.5. The number of carbonyl (C=O) groups is 6. The summed E-state index contributed by atoms with van der Waals surface area (Å²) in [5, 5.41) is 40.8. The standard InChI is InChI=1S/C22H27N3O5.C21H24N2O6/c1-12-3-4-13-9-15-22(29)6-5-14(26)20-21(22,18(13)19(12)30-20)7-8-25(15)11-24-17(28)10-16(27)23-2;1-11-2-3-12-8-14-21(28)5-4-13(24)19-20(21,17(12)18(11)29-19)6-7-23(14)10-22-15(25)9-16(26)27/h3-4,15,20,29H,5-11H2,1-2H3,(H,23,27)(H,24,28);2-3,14,19,28H,4-10H2,1H3,(H,22,25)(H,26,27)/t15-,20?,21+,22-;14-,19?,20+,21-/m11/s1. The maximum atomic E-state index is 12.9. The van der Waals surface area contributed by atoms with Gasteiger partial charge in [0.1, 0.15) is 24.3 Å². The van der Waals surface area contributed by atoms with Gasteiger partial charge in [-0.3, -0.25) is 38.6 Å². The number of likely N-dealkylation sites (tertiary alicyclic amines) is 2. The first-order valence-electron chi connectivity index (χ1n) is 20.6. The van der Waals surface area contributed by atoms with Gasteiger partial charge in [-0.15, -0.1) is 0 Å². The van der Waals surface area contributed by atoms with Crippen molar-refractivity contribution in [2.45, 2.75) is 124 Å². The van der Waals surface area contributed by atoms with Gasteiger partial charge in [0, 0.05) is 56.2 Å². The number of hydrogen-bond donors (Lipinski definition) is 6.